The van der Waals surface area contributed by atoms with E-state index in [9.17, 15) is 19.7 Å². The lowest BCUT2D eigenvalue weighted by molar-refractivity contribution is -0.384. The van der Waals surface area contributed by atoms with Gasteiger partial charge in [0.25, 0.3) is 5.69 Å². The second-order valence-electron chi connectivity index (χ2n) is 11.9. The first kappa shape index (κ1) is 31.9. The smallest absolute Gasteiger partial charge is 0.428 e. The van der Waals surface area contributed by atoms with Crippen molar-refractivity contribution in [3.05, 3.63) is 107 Å². The van der Waals surface area contributed by atoms with Crippen LogP contribution in [0.3, 0.4) is 0 Å². The summed E-state index contributed by atoms with van der Waals surface area (Å²) in [6.45, 7) is 7.30. The number of carbonyl (C=O) groups excluding carboxylic acids is 2. The van der Waals surface area contributed by atoms with Crippen molar-refractivity contribution in [2.45, 2.75) is 52.7 Å². The number of para-hydroxylation sites is 3. The van der Waals surface area contributed by atoms with E-state index in [1.807, 2.05) is 79.2 Å². The van der Waals surface area contributed by atoms with Crippen LogP contribution in [-0.2, 0) is 23.1 Å². The van der Waals surface area contributed by atoms with E-state index in [1.165, 1.54) is 11.0 Å². The Kier molecular flexibility index (Phi) is 9.18. The third-order valence-electron chi connectivity index (χ3n) is 7.35. The molecule has 1 aromatic heterocycles. The lowest BCUT2D eigenvalue weighted by Crippen LogP contribution is -2.30. The van der Waals surface area contributed by atoms with Gasteiger partial charge in [0, 0.05) is 30.7 Å². The molecule has 1 amide bonds. The van der Waals surface area contributed by atoms with Crippen molar-refractivity contribution < 1.29 is 24.0 Å². The average Bonchev–Trinajstić information content (AvgIpc) is 3.35. The molecular formula is C36H36N4O6. The highest BCUT2D eigenvalue weighted by molar-refractivity contribution is 5.96. The van der Waals surface area contributed by atoms with Gasteiger partial charge >= 0.3 is 6.16 Å². The van der Waals surface area contributed by atoms with Gasteiger partial charge in [0.05, 0.1) is 22.5 Å². The number of fused-ring (bicyclic) bond motifs is 1. The van der Waals surface area contributed by atoms with Gasteiger partial charge in [-0.15, -0.1) is 0 Å². The van der Waals surface area contributed by atoms with Crippen molar-refractivity contribution in [1.82, 2.24) is 9.55 Å². The van der Waals surface area contributed by atoms with E-state index < -0.39 is 16.7 Å². The summed E-state index contributed by atoms with van der Waals surface area (Å²) in [7, 11) is 1.89. The second kappa shape index (κ2) is 13.2. The van der Waals surface area contributed by atoms with E-state index >= 15 is 0 Å². The van der Waals surface area contributed by atoms with Gasteiger partial charge in [-0.25, -0.2) is 9.78 Å². The lowest BCUT2D eigenvalue weighted by atomic mass is 10.0. The van der Waals surface area contributed by atoms with E-state index in [0.717, 1.165) is 22.2 Å². The Balaban J connectivity index is 1.49. The van der Waals surface area contributed by atoms with Crippen LogP contribution < -0.4 is 9.64 Å². The number of carbonyl (C=O) groups is 2. The minimum absolute atomic E-state index is 0.113. The Bertz CT molecular complexity index is 1910. The molecule has 0 unspecified atom stereocenters. The molecule has 0 aliphatic rings. The number of amides is 1. The van der Waals surface area contributed by atoms with Crippen molar-refractivity contribution in [1.29, 1.82) is 0 Å². The fourth-order valence-corrected chi connectivity index (χ4v) is 5.22. The van der Waals surface area contributed by atoms with Crippen LogP contribution in [0.1, 0.15) is 46.1 Å². The summed E-state index contributed by atoms with van der Waals surface area (Å²) in [5.41, 5.74) is 3.95. The summed E-state index contributed by atoms with van der Waals surface area (Å²) >= 11 is 0. The number of rotatable bonds is 9. The highest BCUT2D eigenvalue weighted by Crippen LogP contribution is 2.36. The molecule has 4 aromatic carbocycles. The number of aryl methyl sites for hydroxylation is 1. The quantitative estimate of drug-likeness (QED) is 0.0702. The molecule has 10 nitrogen and oxygen atoms in total. The van der Waals surface area contributed by atoms with Gasteiger partial charge in [-0.1, -0.05) is 61.5 Å². The molecule has 5 aromatic rings. The highest BCUT2D eigenvalue weighted by atomic mass is 16.7. The first-order valence-electron chi connectivity index (χ1n) is 15.0. The molecule has 0 N–H and O–H groups in total. The molecule has 5 rings (SSSR count). The van der Waals surface area contributed by atoms with Crippen LogP contribution in [0.2, 0.25) is 0 Å². The maximum absolute atomic E-state index is 13.5. The van der Waals surface area contributed by atoms with Crippen molar-refractivity contribution in [3.63, 3.8) is 0 Å². The predicted molar refractivity (Wildman–Crippen MR) is 178 cm³/mol. The minimum Gasteiger partial charge on any atom is -0.428 e. The van der Waals surface area contributed by atoms with E-state index in [4.69, 9.17) is 14.5 Å². The maximum atomic E-state index is 13.5. The molecule has 10 heteroatoms. The highest BCUT2D eigenvalue weighted by Gasteiger charge is 2.26. The summed E-state index contributed by atoms with van der Waals surface area (Å²) in [4.78, 5) is 43.9. The molecule has 0 fully saturated rings. The van der Waals surface area contributed by atoms with Crippen LogP contribution >= 0.6 is 0 Å². The Morgan fingerprint density at radius 2 is 1.61 bits per heavy atom. The van der Waals surface area contributed by atoms with E-state index in [1.54, 1.807) is 45.0 Å². The Morgan fingerprint density at radius 1 is 0.935 bits per heavy atom. The van der Waals surface area contributed by atoms with Crippen LogP contribution in [0.25, 0.3) is 33.5 Å². The summed E-state index contributed by atoms with van der Waals surface area (Å²) in [6.07, 6.45) is 0.00588. The zero-order valence-corrected chi connectivity index (χ0v) is 26.5. The van der Waals surface area contributed by atoms with Gasteiger partial charge in [0.2, 0.25) is 5.91 Å². The van der Waals surface area contributed by atoms with Gasteiger partial charge in [-0.2, -0.15) is 0 Å². The van der Waals surface area contributed by atoms with Crippen LogP contribution in [0.15, 0.2) is 91.0 Å². The normalized spacial score (nSPS) is 11.3. The monoisotopic (exact) mass is 620 g/mol. The van der Waals surface area contributed by atoms with Crippen LogP contribution in [0.5, 0.6) is 5.75 Å². The third kappa shape index (κ3) is 7.07. The van der Waals surface area contributed by atoms with Gasteiger partial charge in [0.15, 0.2) is 0 Å². The Morgan fingerprint density at radius 3 is 2.28 bits per heavy atom. The van der Waals surface area contributed by atoms with Gasteiger partial charge in [-0.3, -0.25) is 14.9 Å². The van der Waals surface area contributed by atoms with Crippen LogP contribution in [0.4, 0.5) is 16.2 Å². The second-order valence-corrected chi connectivity index (χ2v) is 11.9. The first-order valence-corrected chi connectivity index (χ1v) is 15.0. The third-order valence-corrected chi connectivity index (χ3v) is 7.35. The van der Waals surface area contributed by atoms with Crippen molar-refractivity contribution in [2.75, 3.05) is 4.90 Å². The number of benzene rings is 4. The van der Waals surface area contributed by atoms with E-state index in [2.05, 4.69) is 0 Å². The Hall–Kier alpha value is -5.51. The summed E-state index contributed by atoms with van der Waals surface area (Å²) < 4.78 is 12.8. The number of aromatic nitrogens is 2. The fraction of sp³-hybridized carbons (Fsp3) is 0.250. The molecule has 0 aliphatic carbocycles. The zero-order valence-electron chi connectivity index (χ0n) is 26.5. The molecule has 0 radical (unpaired) electrons. The van der Waals surface area contributed by atoms with Crippen molar-refractivity contribution >= 4 is 34.5 Å². The van der Waals surface area contributed by atoms with Gasteiger partial charge in [0.1, 0.15) is 22.9 Å². The largest absolute Gasteiger partial charge is 0.514 e. The first-order chi connectivity index (χ1) is 21.9. The number of nitro benzene ring substituents is 1. The van der Waals surface area contributed by atoms with Gasteiger partial charge in [-0.05, 0) is 68.7 Å². The molecule has 0 saturated heterocycles. The van der Waals surface area contributed by atoms with Crippen LogP contribution in [0, 0.1) is 10.1 Å². The summed E-state index contributed by atoms with van der Waals surface area (Å²) in [6, 6.07) is 27.0. The van der Waals surface area contributed by atoms with Gasteiger partial charge < -0.3 is 18.9 Å². The molecule has 0 atom stereocenters. The number of hydrogen-bond donors (Lipinski definition) is 0. The number of anilines is 1. The molecular weight excluding hydrogens is 584 g/mol. The molecule has 46 heavy (non-hydrogen) atoms. The predicted octanol–water partition coefficient (Wildman–Crippen LogP) is 8.46. The number of hydrogen-bond acceptors (Lipinski definition) is 7. The van der Waals surface area contributed by atoms with Crippen molar-refractivity contribution in [2.24, 2.45) is 7.05 Å². The molecule has 236 valence electrons. The topological polar surface area (TPSA) is 117 Å². The zero-order chi connectivity index (χ0) is 33.0. The van der Waals surface area contributed by atoms with Crippen LogP contribution in [-0.4, -0.2) is 32.1 Å². The fourth-order valence-electron chi connectivity index (χ4n) is 5.22. The number of nitrogens with zero attached hydrogens (tertiary/aromatic N) is 4. The standard InChI is InChI=1S/C36H36N4O6/c1-6-11-33(41)39(31-22-26(20-21-30(31)40(43)44)34-37-28-13-8-9-14-29(28)38(34)5)23-24-16-18-25(19-17-24)27-12-7-10-15-32(27)45-35(42)46-36(2,3)4/h7-10,12-22H,6,11,23H2,1-5H3. The lowest BCUT2D eigenvalue weighted by Gasteiger charge is -2.23. The summed E-state index contributed by atoms with van der Waals surface area (Å²) in [5, 5.41) is 12.2. The SMILES string of the molecule is CCCC(=O)N(Cc1ccc(-c2ccccc2OC(=O)OC(C)(C)C)cc1)c1cc(-c2nc3ccccc3n2C)ccc1[N+](=O)[O-]. The van der Waals surface area contributed by atoms with E-state index in [0.29, 0.717) is 29.1 Å². The maximum Gasteiger partial charge on any atom is 0.514 e. The Labute approximate surface area is 267 Å². The molecule has 1 heterocycles. The number of ether oxygens (including phenoxy) is 2. The van der Waals surface area contributed by atoms with E-state index in [-0.39, 0.29) is 30.2 Å². The molecule has 0 aliphatic heterocycles. The van der Waals surface area contributed by atoms with Crippen molar-refractivity contribution in [3.8, 4) is 28.3 Å². The molecule has 0 spiro atoms. The average molecular weight is 621 g/mol. The molecule has 0 bridgehead atoms. The minimum atomic E-state index is -0.802. The molecule has 0 saturated carbocycles. The number of imidazole rings is 1. The summed E-state index contributed by atoms with van der Waals surface area (Å²) in [5.74, 6) is 0.753. The number of nitro groups is 1.